The van der Waals surface area contributed by atoms with Crippen LogP contribution in [0.4, 0.5) is 0 Å². The predicted molar refractivity (Wildman–Crippen MR) is 87.6 cm³/mol. The summed E-state index contributed by atoms with van der Waals surface area (Å²) in [6.07, 6.45) is 0.420. The molecule has 1 N–H and O–H groups in total. The normalized spacial score (nSPS) is 17.8. The van der Waals surface area contributed by atoms with Crippen LogP contribution in [0.1, 0.15) is 18.4 Å². The highest BCUT2D eigenvalue weighted by molar-refractivity contribution is 9.10. The van der Waals surface area contributed by atoms with Crippen molar-refractivity contribution in [3.8, 4) is 5.75 Å². The van der Waals surface area contributed by atoms with E-state index in [2.05, 4.69) is 15.9 Å². The molecule has 1 aliphatic heterocycles. The Bertz CT molecular complexity index is 578. The molecule has 1 aromatic carbocycles. The summed E-state index contributed by atoms with van der Waals surface area (Å²) in [4.78, 5) is 24.8. The van der Waals surface area contributed by atoms with Gasteiger partial charge < -0.3 is 19.5 Å². The Morgan fingerprint density at radius 2 is 2.26 bits per heavy atom. The van der Waals surface area contributed by atoms with Gasteiger partial charge in [-0.2, -0.15) is 0 Å². The summed E-state index contributed by atoms with van der Waals surface area (Å²) >= 11 is 3.42. The zero-order valence-electron chi connectivity index (χ0n) is 13.0. The van der Waals surface area contributed by atoms with Crippen LogP contribution in [0, 0.1) is 0 Å². The van der Waals surface area contributed by atoms with E-state index in [9.17, 15) is 9.59 Å². The number of hydrogen-bond donors (Lipinski definition) is 1. The van der Waals surface area contributed by atoms with Crippen molar-refractivity contribution in [2.45, 2.75) is 25.4 Å². The molecule has 1 atom stereocenters. The number of amides is 1. The molecule has 0 spiro atoms. The fourth-order valence-corrected chi connectivity index (χ4v) is 3.01. The molecule has 6 nitrogen and oxygen atoms in total. The van der Waals surface area contributed by atoms with Gasteiger partial charge in [0.1, 0.15) is 5.75 Å². The fourth-order valence-electron chi connectivity index (χ4n) is 2.61. The molecule has 1 fully saturated rings. The molecule has 0 unspecified atom stereocenters. The molecule has 2 rings (SSSR count). The average Bonchev–Trinajstić information content (AvgIpc) is 2.52. The highest BCUT2D eigenvalue weighted by Gasteiger charge is 2.25. The van der Waals surface area contributed by atoms with Crippen molar-refractivity contribution in [1.29, 1.82) is 0 Å². The number of aliphatic carboxylic acids is 1. The first-order valence-electron chi connectivity index (χ1n) is 7.43. The number of morpholine rings is 1. The van der Waals surface area contributed by atoms with Gasteiger partial charge in [0, 0.05) is 24.0 Å². The van der Waals surface area contributed by atoms with E-state index < -0.39 is 12.1 Å². The molecule has 0 aliphatic carbocycles. The van der Waals surface area contributed by atoms with Crippen LogP contribution in [0.2, 0.25) is 0 Å². The van der Waals surface area contributed by atoms with Crippen molar-refractivity contribution in [2.24, 2.45) is 0 Å². The Hall–Kier alpha value is -1.60. The Kier molecular flexibility index (Phi) is 6.41. The topological polar surface area (TPSA) is 76.1 Å². The van der Waals surface area contributed by atoms with Gasteiger partial charge in [-0.1, -0.05) is 15.9 Å². The number of halogens is 1. The average molecular weight is 386 g/mol. The first-order chi connectivity index (χ1) is 11.0. The zero-order chi connectivity index (χ0) is 16.8. The molecule has 1 amide bonds. The Morgan fingerprint density at radius 3 is 2.96 bits per heavy atom. The van der Waals surface area contributed by atoms with Gasteiger partial charge in [-0.05, 0) is 30.2 Å². The first-order valence-corrected chi connectivity index (χ1v) is 8.22. The molecule has 0 saturated carbocycles. The number of aryl methyl sites for hydroxylation is 1. The van der Waals surface area contributed by atoms with E-state index in [0.29, 0.717) is 32.5 Å². The molecule has 0 radical (unpaired) electrons. The highest BCUT2D eigenvalue weighted by atomic mass is 79.9. The number of carbonyl (C=O) groups is 2. The van der Waals surface area contributed by atoms with E-state index in [4.69, 9.17) is 14.6 Å². The van der Waals surface area contributed by atoms with Crippen molar-refractivity contribution in [3.05, 3.63) is 28.2 Å². The quantitative estimate of drug-likeness (QED) is 0.811. The van der Waals surface area contributed by atoms with E-state index in [1.165, 1.54) is 0 Å². The van der Waals surface area contributed by atoms with Gasteiger partial charge in [-0.3, -0.25) is 9.59 Å². The van der Waals surface area contributed by atoms with E-state index >= 15 is 0 Å². The van der Waals surface area contributed by atoms with Crippen molar-refractivity contribution >= 4 is 27.8 Å². The maximum absolute atomic E-state index is 12.4. The van der Waals surface area contributed by atoms with Crippen LogP contribution in [0.15, 0.2) is 22.7 Å². The Morgan fingerprint density at radius 1 is 1.48 bits per heavy atom. The lowest BCUT2D eigenvalue weighted by Crippen LogP contribution is -2.46. The van der Waals surface area contributed by atoms with Crippen LogP contribution in [-0.2, 0) is 20.7 Å². The minimum Gasteiger partial charge on any atom is -0.496 e. The van der Waals surface area contributed by atoms with Gasteiger partial charge in [0.2, 0.25) is 5.91 Å². The lowest BCUT2D eigenvalue weighted by atomic mass is 10.1. The third kappa shape index (κ3) is 5.21. The summed E-state index contributed by atoms with van der Waals surface area (Å²) in [6, 6.07) is 5.70. The number of carboxylic acids is 1. The minimum atomic E-state index is -0.914. The number of nitrogens with zero attached hydrogens (tertiary/aromatic N) is 1. The number of ether oxygens (including phenoxy) is 2. The fraction of sp³-hybridized carbons (Fsp3) is 0.500. The van der Waals surface area contributed by atoms with E-state index in [0.717, 1.165) is 15.8 Å². The van der Waals surface area contributed by atoms with Crippen LogP contribution in [0.25, 0.3) is 0 Å². The van der Waals surface area contributed by atoms with Gasteiger partial charge >= 0.3 is 5.97 Å². The summed E-state index contributed by atoms with van der Waals surface area (Å²) in [5.41, 5.74) is 0.963. The van der Waals surface area contributed by atoms with Crippen LogP contribution in [0.5, 0.6) is 5.75 Å². The summed E-state index contributed by atoms with van der Waals surface area (Å²) in [5, 5.41) is 8.82. The second-order valence-electron chi connectivity index (χ2n) is 5.39. The number of carboxylic acid groups (broad SMARTS) is 1. The van der Waals surface area contributed by atoms with Gasteiger partial charge in [0.25, 0.3) is 0 Å². The van der Waals surface area contributed by atoms with Crippen LogP contribution < -0.4 is 4.74 Å². The smallest absolute Gasteiger partial charge is 0.306 e. The molecule has 1 aliphatic rings. The molecule has 23 heavy (non-hydrogen) atoms. The van der Waals surface area contributed by atoms with Gasteiger partial charge in [-0.25, -0.2) is 0 Å². The Balaban J connectivity index is 1.91. The zero-order valence-corrected chi connectivity index (χ0v) is 14.5. The molecule has 0 bridgehead atoms. The molecule has 1 aromatic rings. The predicted octanol–water partition coefficient (Wildman–Crippen LogP) is 2.09. The van der Waals surface area contributed by atoms with Gasteiger partial charge in [0.15, 0.2) is 0 Å². The van der Waals surface area contributed by atoms with Crippen molar-refractivity contribution in [2.75, 3.05) is 26.8 Å². The molecule has 0 aromatic heterocycles. The molecule has 1 heterocycles. The van der Waals surface area contributed by atoms with Gasteiger partial charge in [0.05, 0.1) is 26.2 Å². The molecule has 7 heteroatoms. The van der Waals surface area contributed by atoms with E-state index in [-0.39, 0.29) is 12.3 Å². The lowest BCUT2D eigenvalue weighted by molar-refractivity contribution is -0.147. The van der Waals surface area contributed by atoms with Gasteiger partial charge in [-0.15, -0.1) is 0 Å². The third-order valence-corrected chi connectivity index (χ3v) is 4.24. The van der Waals surface area contributed by atoms with Crippen molar-refractivity contribution in [1.82, 2.24) is 4.90 Å². The summed E-state index contributed by atoms with van der Waals surface area (Å²) in [7, 11) is 1.60. The molecule has 1 saturated heterocycles. The van der Waals surface area contributed by atoms with Crippen molar-refractivity contribution < 1.29 is 24.2 Å². The number of carbonyl (C=O) groups excluding carboxylic acids is 1. The Labute approximate surface area is 143 Å². The van der Waals surface area contributed by atoms with Crippen LogP contribution in [0.3, 0.4) is 0 Å². The van der Waals surface area contributed by atoms with E-state index in [1.807, 2.05) is 18.2 Å². The van der Waals surface area contributed by atoms with Crippen LogP contribution >= 0.6 is 15.9 Å². The lowest BCUT2D eigenvalue weighted by Gasteiger charge is -2.32. The third-order valence-electron chi connectivity index (χ3n) is 3.74. The maximum atomic E-state index is 12.4. The minimum absolute atomic E-state index is 0.00529. The summed E-state index contributed by atoms with van der Waals surface area (Å²) < 4.78 is 11.6. The van der Waals surface area contributed by atoms with Crippen LogP contribution in [-0.4, -0.2) is 54.8 Å². The second-order valence-corrected chi connectivity index (χ2v) is 6.30. The number of rotatable bonds is 6. The summed E-state index contributed by atoms with van der Waals surface area (Å²) in [6.45, 7) is 1.22. The number of methoxy groups -OCH3 is 1. The maximum Gasteiger partial charge on any atom is 0.306 e. The standard InChI is InChI=1S/C16H20BrNO5/c1-22-14-4-3-12(17)8-11(14)2-5-15(19)18-6-7-23-13(10-18)9-16(20)21/h3-4,8,13H,2,5-7,9-10H2,1H3,(H,20,21)/t13-/m0/s1. The molecule has 126 valence electrons. The molecular formula is C16H20BrNO5. The highest BCUT2D eigenvalue weighted by Crippen LogP contribution is 2.24. The number of hydrogen-bond acceptors (Lipinski definition) is 4. The summed E-state index contributed by atoms with van der Waals surface area (Å²) in [5.74, 6) is -0.152. The monoisotopic (exact) mass is 385 g/mol. The first kappa shape index (κ1) is 17.7. The van der Waals surface area contributed by atoms with Crippen molar-refractivity contribution in [3.63, 3.8) is 0 Å². The number of benzene rings is 1. The second kappa shape index (κ2) is 8.31. The largest absolute Gasteiger partial charge is 0.496 e. The van der Waals surface area contributed by atoms with E-state index in [1.54, 1.807) is 12.0 Å². The SMILES string of the molecule is COc1ccc(Br)cc1CCC(=O)N1CCO[C@@H](CC(=O)O)C1. The molecular weight excluding hydrogens is 366 g/mol.